The third-order valence-electron chi connectivity index (χ3n) is 4.08. The highest BCUT2D eigenvalue weighted by Crippen LogP contribution is 2.31. The van der Waals surface area contributed by atoms with Crippen LogP contribution in [0.3, 0.4) is 0 Å². The van der Waals surface area contributed by atoms with Gasteiger partial charge >= 0.3 is 0 Å². The molecule has 0 bridgehead atoms. The zero-order valence-electron chi connectivity index (χ0n) is 15.9. The van der Waals surface area contributed by atoms with Crippen LogP contribution in [0.15, 0.2) is 51.4 Å². The Balaban J connectivity index is 1.58. The van der Waals surface area contributed by atoms with Crippen LogP contribution in [0.5, 0.6) is 0 Å². The molecule has 0 aliphatic rings. The first kappa shape index (κ1) is 19.6. The van der Waals surface area contributed by atoms with E-state index in [1.165, 1.54) is 28.7 Å². The number of thioether (sulfide) groups is 1. The van der Waals surface area contributed by atoms with Crippen LogP contribution in [0.4, 0.5) is 5.13 Å². The van der Waals surface area contributed by atoms with E-state index in [-0.39, 0.29) is 16.4 Å². The highest BCUT2D eigenvalue weighted by Gasteiger charge is 2.20. The largest absolute Gasteiger partial charge is 0.467 e. The van der Waals surface area contributed by atoms with Crippen molar-refractivity contribution in [2.45, 2.75) is 49.2 Å². The molecule has 5 nitrogen and oxygen atoms in total. The first-order chi connectivity index (χ1) is 12.8. The molecular weight excluding hydrogens is 378 g/mol. The number of nitrogens with one attached hydrogen (secondary N) is 1. The molecular formula is C20H23N3O2S2. The van der Waals surface area contributed by atoms with Crippen LogP contribution in [-0.2, 0) is 12.0 Å². The van der Waals surface area contributed by atoms with Gasteiger partial charge in [0.2, 0.25) is 5.13 Å². The van der Waals surface area contributed by atoms with Gasteiger partial charge in [-0.05, 0) is 30.0 Å². The predicted molar refractivity (Wildman–Crippen MR) is 111 cm³/mol. The van der Waals surface area contributed by atoms with Crippen molar-refractivity contribution in [2.75, 3.05) is 5.32 Å². The molecule has 3 aromatic rings. The third-order valence-corrected chi connectivity index (χ3v) is 6.15. The van der Waals surface area contributed by atoms with E-state index in [1.807, 2.05) is 43.3 Å². The number of carbonyl (C=O) groups excluding carboxylic acids is 1. The van der Waals surface area contributed by atoms with E-state index >= 15 is 0 Å². The molecule has 2 aromatic heterocycles. The normalized spacial score (nSPS) is 12.7. The fourth-order valence-electron chi connectivity index (χ4n) is 2.48. The number of Topliss-reactive ketones (excluding diaryl/α,β-unsaturated/α-hetero) is 1. The Hall–Kier alpha value is -2.12. The summed E-state index contributed by atoms with van der Waals surface area (Å²) < 4.78 is 6.05. The monoisotopic (exact) mass is 401 g/mol. The van der Waals surface area contributed by atoms with E-state index in [9.17, 15) is 4.79 Å². The molecule has 0 radical (unpaired) electrons. The van der Waals surface area contributed by atoms with Crippen molar-refractivity contribution in [3.63, 3.8) is 0 Å². The van der Waals surface area contributed by atoms with Crippen molar-refractivity contribution >= 4 is 34.0 Å². The lowest BCUT2D eigenvalue weighted by Crippen LogP contribution is -2.15. The summed E-state index contributed by atoms with van der Waals surface area (Å²) in [5.74, 6) is 0.933. The molecule has 1 unspecified atom stereocenters. The first-order valence-electron chi connectivity index (χ1n) is 8.74. The minimum atomic E-state index is -0.226. The van der Waals surface area contributed by atoms with Crippen LogP contribution >= 0.6 is 23.1 Å². The molecule has 1 aromatic carbocycles. The second kappa shape index (κ2) is 8.27. The van der Waals surface area contributed by atoms with Crippen LogP contribution in [0.2, 0.25) is 0 Å². The van der Waals surface area contributed by atoms with Crippen LogP contribution < -0.4 is 5.32 Å². The second-order valence-corrected chi connectivity index (χ2v) is 9.82. The maximum atomic E-state index is 12.7. The van der Waals surface area contributed by atoms with E-state index < -0.39 is 0 Å². The van der Waals surface area contributed by atoms with E-state index in [4.69, 9.17) is 4.42 Å². The standard InChI is InChI=1S/C20H23N3O2S2/c1-13(17(24)14-7-9-15(10-8-14)20(2,3)4)26-19-23-22-18(27-19)21-12-16-6-5-11-25-16/h5-11,13H,12H2,1-4H3,(H,21,22). The topological polar surface area (TPSA) is 68.0 Å². The van der Waals surface area contributed by atoms with E-state index in [1.54, 1.807) is 6.26 Å². The number of benzene rings is 1. The lowest BCUT2D eigenvalue weighted by atomic mass is 9.86. The van der Waals surface area contributed by atoms with E-state index in [2.05, 4.69) is 36.3 Å². The van der Waals surface area contributed by atoms with Gasteiger partial charge in [0.1, 0.15) is 5.76 Å². The lowest BCUT2D eigenvalue weighted by molar-refractivity contribution is 0.0994. The number of anilines is 1. The Morgan fingerprint density at radius 1 is 1.22 bits per heavy atom. The fourth-order valence-corrected chi connectivity index (χ4v) is 4.45. The Bertz CT molecular complexity index is 881. The summed E-state index contributed by atoms with van der Waals surface area (Å²) in [4.78, 5) is 12.7. The van der Waals surface area contributed by atoms with Gasteiger partial charge in [-0.3, -0.25) is 4.79 Å². The van der Waals surface area contributed by atoms with Crippen molar-refractivity contribution in [3.05, 3.63) is 59.5 Å². The molecule has 3 rings (SSSR count). The van der Waals surface area contributed by atoms with Gasteiger partial charge < -0.3 is 9.73 Å². The van der Waals surface area contributed by atoms with Crippen molar-refractivity contribution in [3.8, 4) is 0 Å². The number of nitrogens with zero attached hydrogens (tertiary/aromatic N) is 2. The molecule has 1 atom stereocenters. The molecule has 0 spiro atoms. The number of aromatic nitrogens is 2. The highest BCUT2D eigenvalue weighted by molar-refractivity contribution is 8.02. The minimum absolute atomic E-state index is 0.0769. The van der Waals surface area contributed by atoms with Crippen molar-refractivity contribution in [1.29, 1.82) is 0 Å². The number of ketones is 1. The summed E-state index contributed by atoms with van der Waals surface area (Å²) in [6.45, 7) is 8.95. The van der Waals surface area contributed by atoms with Gasteiger partial charge in [-0.2, -0.15) is 0 Å². The Labute approximate surface area is 167 Å². The number of rotatable bonds is 7. The molecule has 0 fully saturated rings. The molecule has 142 valence electrons. The number of hydrogen-bond acceptors (Lipinski definition) is 7. The minimum Gasteiger partial charge on any atom is -0.467 e. The maximum Gasteiger partial charge on any atom is 0.206 e. The third kappa shape index (κ3) is 5.20. The smallest absolute Gasteiger partial charge is 0.206 e. The maximum absolute atomic E-state index is 12.7. The average molecular weight is 402 g/mol. The lowest BCUT2D eigenvalue weighted by Gasteiger charge is -2.19. The molecule has 2 heterocycles. The highest BCUT2D eigenvalue weighted by atomic mass is 32.2. The van der Waals surface area contributed by atoms with Crippen LogP contribution in [0.1, 0.15) is 49.4 Å². The van der Waals surface area contributed by atoms with Gasteiger partial charge in [0.25, 0.3) is 0 Å². The first-order valence-corrected chi connectivity index (χ1v) is 10.4. The summed E-state index contributed by atoms with van der Waals surface area (Å²) in [5, 5.41) is 11.9. The van der Waals surface area contributed by atoms with Gasteiger partial charge in [-0.15, -0.1) is 10.2 Å². The zero-order valence-corrected chi connectivity index (χ0v) is 17.5. The quantitative estimate of drug-likeness (QED) is 0.422. The fraction of sp³-hybridized carbons (Fsp3) is 0.350. The molecule has 0 aliphatic heterocycles. The van der Waals surface area contributed by atoms with E-state index in [0.717, 1.165) is 15.7 Å². The number of hydrogen-bond donors (Lipinski definition) is 1. The van der Waals surface area contributed by atoms with Gasteiger partial charge in [-0.1, -0.05) is 68.1 Å². The summed E-state index contributed by atoms with van der Waals surface area (Å²) in [6, 6.07) is 11.6. The molecule has 7 heteroatoms. The van der Waals surface area contributed by atoms with E-state index in [0.29, 0.717) is 11.7 Å². The van der Waals surface area contributed by atoms with Gasteiger partial charge in [0, 0.05) is 5.56 Å². The van der Waals surface area contributed by atoms with Crippen molar-refractivity contribution in [2.24, 2.45) is 0 Å². The molecule has 0 amide bonds. The summed E-state index contributed by atoms with van der Waals surface area (Å²) in [5.41, 5.74) is 2.02. The average Bonchev–Trinajstić information content (AvgIpc) is 3.30. The van der Waals surface area contributed by atoms with Crippen LogP contribution in [-0.4, -0.2) is 21.2 Å². The zero-order chi connectivity index (χ0) is 19.4. The molecule has 0 saturated heterocycles. The van der Waals surface area contributed by atoms with Crippen molar-refractivity contribution in [1.82, 2.24) is 10.2 Å². The van der Waals surface area contributed by atoms with Gasteiger partial charge in [-0.25, -0.2) is 0 Å². The number of carbonyl (C=O) groups is 1. The second-order valence-electron chi connectivity index (χ2n) is 7.26. The predicted octanol–water partition coefficient (Wildman–Crippen LogP) is 5.40. The summed E-state index contributed by atoms with van der Waals surface area (Å²) >= 11 is 2.87. The van der Waals surface area contributed by atoms with Gasteiger partial charge in [0.15, 0.2) is 10.1 Å². The van der Waals surface area contributed by atoms with Crippen LogP contribution in [0.25, 0.3) is 0 Å². The Kier molecular flexibility index (Phi) is 6.01. The Morgan fingerprint density at radius 2 is 1.96 bits per heavy atom. The SMILES string of the molecule is CC(Sc1nnc(NCc2ccco2)s1)C(=O)c1ccc(C(C)(C)C)cc1. The molecule has 0 saturated carbocycles. The summed E-state index contributed by atoms with van der Waals surface area (Å²) in [7, 11) is 0. The molecule has 27 heavy (non-hydrogen) atoms. The van der Waals surface area contributed by atoms with Gasteiger partial charge in [0.05, 0.1) is 18.1 Å². The Morgan fingerprint density at radius 3 is 2.59 bits per heavy atom. The number of furan rings is 1. The molecule has 1 N–H and O–H groups in total. The summed E-state index contributed by atoms with van der Waals surface area (Å²) in [6.07, 6.45) is 1.64. The van der Waals surface area contributed by atoms with Crippen molar-refractivity contribution < 1.29 is 9.21 Å². The van der Waals surface area contributed by atoms with Crippen LogP contribution in [0, 0.1) is 0 Å². The molecule has 0 aliphatic carbocycles.